The van der Waals surface area contributed by atoms with Crippen molar-refractivity contribution in [1.29, 1.82) is 0 Å². The van der Waals surface area contributed by atoms with Crippen LogP contribution >= 0.6 is 0 Å². The van der Waals surface area contributed by atoms with Crippen molar-refractivity contribution in [3.8, 4) is 0 Å². The second-order valence-corrected chi connectivity index (χ2v) is 5.27. The van der Waals surface area contributed by atoms with Gasteiger partial charge in [-0.2, -0.15) is 0 Å². The van der Waals surface area contributed by atoms with E-state index in [0.717, 1.165) is 11.8 Å². The Kier molecular flexibility index (Phi) is 2.51. The molecule has 2 aromatic rings. The van der Waals surface area contributed by atoms with Crippen molar-refractivity contribution in [3.63, 3.8) is 0 Å². The van der Waals surface area contributed by atoms with Crippen LogP contribution in [0.4, 0.5) is 0 Å². The second-order valence-electron chi connectivity index (χ2n) is 5.27. The van der Waals surface area contributed by atoms with Gasteiger partial charge in [-0.3, -0.25) is 0 Å². The molecule has 0 heteroatoms. The fourth-order valence-electron chi connectivity index (χ4n) is 2.56. The molecule has 86 valence electrons. The Hall–Kier alpha value is -1.56. The second kappa shape index (κ2) is 4.03. The van der Waals surface area contributed by atoms with Gasteiger partial charge in [0, 0.05) is 0 Å². The summed E-state index contributed by atoms with van der Waals surface area (Å²) >= 11 is 0. The fraction of sp³-hybridized carbons (Fsp3) is 0.294. The molecular formula is C17H18. The molecule has 17 heavy (non-hydrogen) atoms. The quantitative estimate of drug-likeness (QED) is 0.698. The molecule has 0 radical (unpaired) electrons. The van der Waals surface area contributed by atoms with Crippen LogP contribution in [0.25, 0.3) is 0 Å². The molecule has 0 bridgehead atoms. The summed E-state index contributed by atoms with van der Waals surface area (Å²) in [5.74, 6) is 1.50. The first-order valence-corrected chi connectivity index (χ1v) is 6.37. The molecule has 1 aliphatic rings. The summed E-state index contributed by atoms with van der Waals surface area (Å²) in [5.41, 5.74) is 5.70. The van der Waals surface area contributed by atoms with Gasteiger partial charge >= 0.3 is 0 Å². The highest BCUT2D eigenvalue weighted by Gasteiger charge is 2.39. The molecule has 1 fully saturated rings. The van der Waals surface area contributed by atoms with Gasteiger partial charge in [-0.1, -0.05) is 59.7 Å². The largest absolute Gasteiger partial charge is 0.0590 e. The Morgan fingerprint density at radius 1 is 0.647 bits per heavy atom. The summed E-state index contributed by atoms with van der Waals surface area (Å²) in [6.07, 6.45) is 1.31. The molecule has 2 atom stereocenters. The Morgan fingerprint density at radius 3 is 1.35 bits per heavy atom. The minimum absolute atomic E-state index is 0.748. The van der Waals surface area contributed by atoms with Gasteiger partial charge in [-0.15, -0.1) is 0 Å². The van der Waals surface area contributed by atoms with Crippen molar-refractivity contribution in [2.24, 2.45) is 0 Å². The number of aryl methyl sites for hydroxylation is 2. The SMILES string of the molecule is Cc1ccc([C@@H]2C[C@H]2c2ccc(C)cc2)cc1. The molecule has 0 saturated heterocycles. The van der Waals surface area contributed by atoms with Crippen molar-refractivity contribution in [3.05, 3.63) is 70.8 Å². The molecule has 0 nitrogen and oxygen atoms in total. The van der Waals surface area contributed by atoms with Crippen molar-refractivity contribution in [2.45, 2.75) is 32.1 Å². The van der Waals surface area contributed by atoms with E-state index in [4.69, 9.17) is 0 Å². The molecule has 0 aliphatic heterocycles. The minimum Gasteiger partial charge on any atom is -0.0590 e. The molecule has 0 heterocycles. The Morgan fingerprint density at radius 2 is 1.00 bits per heavy atom. The van der Waals surface area contributed by atoms with Gasteiger partial charge in [0.15, 0.2) is 0 Å². The van der Waals surface area contributed by atoms with E-state index in [-0.39, 0.29) is 0 Å². The maximum atomic E-state index is 2.29. The van der Waals surface area contributed by atoms with Gasteiger partial charge < -0.3 is 0 Å². The molecule has 0 aromatic heterocycles. The van der Waals surface area contributed by atoms with Crippen LogP contribution in [0.3, 0.4) is 0 Å². The summed E-state index contributed by atoms with van der Waals surface area (Å²) in [6.45, 7) is 4.29. The average molecular weight is 222 g/mol. The van der Waals surface area contributed by atoms with Crippen LogP contribution in [0.5, 0.6) is 0 Å². The normalized spacial score (nSPS) is 22.5. The lowest BCUT2D eigenvalue weighted by atomic mass is 10.0. The monoisotopic (exact) mass is 222 g/mol. The molecule has 1 aliphatic carbocycles. The van der Waals surface area contributed by atoms with E-state index in [9.17, 15) is 0 Å². The Balaban J connectivity index is 1.78. The van der Waals surface area contributed by atoms with E-state index in [2.05, 4.69) is 62.4 Å². The molecule has 0 unspecified atom stereocenters. The maximum absolute atomic E-state index is 2.29. The van der Waals surface area contributed by atoms with E-state index in [1.165, 1.54) is 28.7 Å². The predicted molar refractivity (Wildman–Crippen MR) is 72.5 cm³/mol. The van der Waals surface area contributed by atoms with Crippen LogP contribution in [0, 0.1) is 13.8 Å². The van der Waals surface area contributed by atoms with Crippen molar-refractivity contribution in [1.82, 2.24) is 0 Å². The smallest absolute Gasteiger partial charge is 0.00868 e. The topological polar surface area (TPSA) is 0 Å². The Labute approximate surface area is 103 Å². The van der Waals surface area contributed by atoms with Crippen LogP contribution in [0.2, 0.25) is 0 Å². The van der Waals surface area contributed by atoms with Gasteiger partial charge in [0.05, 0.1) is 0 Å². The molecule has 0 amide bonds. The molecule has 2 aromatic carbocycles. The summed E-state index contributed by atoms with van der Waals surface area (Å²) in [7, 11) is 0. The number of benzene rings is 2. The van der Waals surface area contributed by atoms with Gasteiger partial charge in [-0.05, 0) is 43.2 Å². The van der Waals surface area contributed by atoms with Crippen LogP contribution in [0.1, 0.15) is 40.5 Å². The average Bonchev–Trinajstić information content (AvgIpc) is 3.11. The standard InChI is InChI=1S/C17H18/c1-12-3-7-14(8-4-12)16-11-17(16)15-9-5-13(2)6-10-15/h3-10,16-17H,11H2,1-2H3/t16-,17-/m0/s1. The van der Waals surface area contributed by atoms with Crippen LogP contribution in [-0.4, -0.2) is 0 Å². The van der Waals surface area contributed by atoms with E-state index in [1.54, 1.807) is 0 Å². The van der Waals surface area contributed by atoms with Gasteiger partial charge in [0.1, 0.15) is 0 Å². The highest BCUT2D eigenvalue weighted by Crippen LogP contribution is 2.54. The third-order valence-electron chi connectivity index (χ3n) is 3.80. The van der Waals surface area contributed by atoms with Crippen LogP contribution < -0.4 is 0 Å². The number of hydrogen-bond acceptors (Lipinski definition) is 0. The molecule has 0 spiro atoms. The van der Waals surface area contributed by atoms with E-state index in [1.807, 2.05) is 0 Å². The lowest BCUT2D eigenvalue weighted by molar-refractivity contribution is 1.02. The highest BCUT2D eigenvalue weighted by atomic mass is 14.4. The number of hydrogen-bond donors (Lipinski definition) is 0. The highest BCUT2D eigenvalue weighted by molar-refractivity contribution is 5.38. The summed E-state index contributed by atoms with van der Waals surface area (Å²) in [4.78, 5) is 0. The van der Waals surface area contributed by atoms with E-state index < -0.39 is 0 Å². The summed E-state index contributed by atoms with van der Waals surface area (Å²) in [6, 6.07) is 18.0. The zero-order valence-corrected chi connectivity index (χ0v) is 10.5. The van der Waals surface area contributed by atoms with Gasteiger partial charge in [-0.25, -0.2) is 0 Å². The third kappa shape index (κ3) is 2.12. The molecule has 3 rings (SSSR count). The van der Waals surface area contributed by atoms with Gasteiger partial charge in [0.2, 0.25) is 0 Å². The molecule has 1 saturated carbocycles. The van der Waals surface area contributed by atoms with E-state index in [0.29, 0.717) is 0 Å². The first-order valence-electron chi connectivity index (χ1n) is 6.37. The molecule has 0 N–H and O–H groups in total. The van der Waals surface area contributed by atoms with Crippen LogP contribution in [-0.2, 0) is 0 Å². The van der Waals surface area contributed by atoms with Crippen molar-refractivity contribution < 1.29 is 0 Å². The Bertz CT molecular complexity index is 455. The lowest BCUT2D eigenvalue weighted by Crippen LogP contribution is -1.85. The summed E-state index contributed by atoms with van der Waals surface area (Å²) in [5, 5.41) is 0. The zero-order chi connectivity index (χ0) is 11.8. The third-order valence-corrected chi connectivity index (χ3v) is 3.80. The fourth-order valence-corrected chi connectivity index (χ4v) is 2.56. The predicted octanol–water partition coefficient (Wildman–Crippen LogP) is 4.57. The summed E-state index contributed by atoms with van der Waals surface area (Å²) < 4.78 is 0. The lowest BCUT2D eigenvalue weighted by Gasteiger charge is -2.02. The van der Waals surface area contributed by atoms with Gasteiger partial charge in [0.25, 0.3) is 0 Å². The van der Waals surface area contributed by atoms with Crippen LogP contribution in [0.15, 0.2) is 48.5 Å². The van der Waals surface area contributed by atoms with Crippen molar-refractivity contribution in [2.75, 3.05) is 0 Å². The van der Waals surface area contributed by atoms with E-state index >= 15 is 0 Å². The maximum Gasteiger partial charge on any atom is -0.00868 e. The zero-order valence-electron chi connectivity index (χ0n) is 10.5. The minimum atomic E-state index is 0.748. The number of rotatable bonds is 2. The first kappa shape index (κ1) is 10.6. The molecular weight excluding hydrogens is 204 g/mol. The van der Waals surface area contributed by atoms with Crippen molar-refractivity contribution >= 4 is 0 Å². The first-order chi connectivity index (χ1) is 8.24.